The third kappa shape index (κ3) is 4.32. The molecule has 27 heavy (non-hydrogen) atoms. The van der Waals surface area contributed by atoms with Crippen LogP contribution in [0.15, 0.2) is 24.3 Å². The van der Waals surface area contributed by atoms with Gasteiger partial charge in [-0.25, -0.2) is 4.39 Å². The summed E-state index contributed by atoms with van der Waals surface area (Å²) < 4.78 is 18.3. The molecule has 1 aromatic rings. The molecule has 8 heteroatoms. The number of nitrogens with one attached hydrogen (secondary N) is 1. The van der Waals surface area contributed by atoms with Crippen LogP contribution in [-0.4, -0.2) is 41.7 Å². The molecule has 1 N–H and O–H groups in total. The minimum Gasteiger partial charge on any atom is -0.456 e. The number of para-hydroxylation sites is 1. The Labute approximate surface area is 155 Å². The second kappa shape index (κ2) is 8.28. The van der Waals surface area contributed by atoms with Crippen molar-refractivity contribution in [3.63, 3.8) is 0 Å². The van der Waals surface area contributed by atoms with Crippen molar-refractivity contribution in [2.75, 3.05) is 18.5 Å². The van der Waals surface area contributed by atoms with E-state index in [9.17, 15) is 23.6 Å². The van der Waals surface area contributed by atoms with Gasteiger partial charge in [-0.05, 0) is 25.0 Å². The molecule has 2 aliphatic rings. The van der Waals surface area contributed by atoms with Gasteiger partial charge in [0.05, 0.1) is 23.9 Å². The van der Waals surface area contributed by atoms with E-state index < -0.39 is 24.3 Å². The van der Waals surface area contributed by atoms with E-state index in [-0.39, 0.29) is 42.3 Å². The zero-order chi connectivity index (χ0) is 19.4. The second-order valence-corrected chi connectivity index (χ2v) is 6.76. The van der Waals surface area contributed by atoms with Crippen molar-refractivity contribution in [2.45, 2.75) is 32.1 Å². The summed E-state index contributed by atoms with van der Waals surface area (Å²) in [6, 6.07) is 5.64. The van der Waals surface area contributed by atoms with Gasteiger partial charge in [0.2, 0.25) is 11.8 Å². The predicted octanol–water partition coefficient (Wildman–Crippen LogP) is 1.87. The van der Waals surface area contributed by atoms with Crippen molar-refractivity contribution in [3.8, 4) is 0 Å². The highest BCUT2D eigenvalue weighted by Gasteiger charge is 2.47. The maximum absolute atomic E-state index is 13.4. The summed E-state index contributed by atoms with van der Waals surface area (Å²) in [5.41, 5.74) is -0.00517. The minimum atomic E-state index is -0.700. The van der Waals surface area contributed by atoms with Crippen LogP contribution in [0.4, 0.5) is 10.1 Å². The normalized spacial score (nSPS) is 21.7. The van der Waals surface area contributed by atoms with E-state index >= 15 is 0 Å². The molecule has 0 aromatic heterocycles. The summed E-state index contributed by atoms with van der Waals surface area (Å²) in [5.74, 6) is -2.90. The van der Waals surface area contributed by atoms with Crippen LogP contribution in [0.2, 0.25) is 0 Å². The van der Waals surface area contributed by atoms with Gasteiger partial charge in [0.25, 0.3) is 5.91 Å². The maximum atomic E-state index is 13.4. The number of carbonyl (C=O) groups excluding carboxylic acids is 4. The van der Waals surface area contributed by atoms with Crippen LogP contribution in [-0.2, 0) is 23.9 Å². The van der Waals surface area contributed by atoms with Crippen LogP contribution in [0.25, 0.3) is 0 Å². The van der Waals surface area contributed by atoms with Crippen molar-refractivity contribution >= 4 is 29.4 Å². The molecule has 0 spiro atoms. The van der Waals surface area contributed by atoms with Crippen molar-refractivity contribution in [1.29, 1.82) is 0 Å². The van der Waals surface area contributed by atoms with Crippen molar-refractivity contribution in [2.24, 2.45) is 11.8 Å². The van der Waals surface area contributed by atoms with Gasteiger partial charge >= 0.3 is 5.97 Å². The molecule has 2 atom stereocenters. The Hall–Kier alpha value is -2.77. The number of halogens is 1. The standard InChI is InChI=1S/C19H21FN2O5/c20-14-7-3-4-8-15(14)21-16(23)11-27-17(24)9-10-22-18(25)12-5-1-2-6-13(12)19(22)26/h3-4,7-8,12-13H,1-2,5-6,9-11H2,(H,21,23)/t12-,13-/m1/s1. The summed E-state index contributed by atoms with van der Waals surface area (Å²) >= 11 is 0. The highest BCUT2D eigenvalue weighted by atomic mass is 19.1. The SMILES string of the molecule is O=C(COC(=O)CCN1C(=O)[C@@H]2CCCC[C@H]2C1=O)Nc1ccccc1F. The smallest absolute Gasteiger partial charge is 0.308 e. The average molecular weight is 376 g/mol. The molecule has 144 valence electrons. The van der Waals surface area contributed by atoms with Crippen LogP contribution >= 0.6 is 0 Å². The topological polar surface area (TPSA) is 92.8 Å². The summed E-state index contributed by atoms with van der Waals surface area (Å²) in [6.07, 6.45) is 3.13. The van der Waals surface area contributed by atoms with Gasteiger partial charge in [0, 0.05) is 6.54 Å². The summed E-state index contributed by atoms with van der Waals surface area (Å²) in [4.78, 5) is 49.3. The molecule has 7 nitrogen and oxygen atoms in total. The Bertz CT molecular complexity index is 742. The Morgan fingerprint density at radius 1 is 1.11 bits per heavy atom. The molecule has 1 saturated heterocycles. The minimum absolute atomic E-state index is 0.00517. The van der Waals surface area contributed by atoms with E-state index in [0.29, 0.717) is 12.8 Å². The summed E-state index contributed by atoms with van der Waals surface area (Å²) in [5, 5.41) is 2.30. The number of benzene rings is 1. The fourth-order valence-corrected chi connectivity index (χ4v) is 3.62. The zero-order valence-corrected chi connectivity index (χ0v) is 14.8. The van der Waals surface area contributed by atoms with Gasteiger partial charge in [-0.3, -0.25) is 24.1 Å². The highest BCUT2D eigenvalue weighted by Crippen LogP contribution is 2.37. The number of rotatable bonds is 6. The van der Waals surface area contributed by atoms with Gasteiger partial charge in [0.15, 0.2) is 6.61 Å². The zero-order valence-electron chi connectivity index (χ0n) is 14.8. The lowest BCUT2D eigenvalue weighted by Gasteiger charge is -2.19. The van der Waals surface area contributed by atoms with E-state index in [1.165, 1.54) is 18.2 Å². The van der Waals surface area contributed by atoms with Crippen molar-refractivity contribution < 1.29 is 28.3 Å². The molecule has 1 aliphatic carbocycles. The highest BCUT2D eigenvalue weighted by molar-refractivity contribution is 6.05. The maximum Gasteiger partial charge on any atom is 0.308 e. The predicted molar refractivity (Wildman–Crippen MR) is 92.8 cm³/mol. The molecule has 1 aromatic carbocycles. The lowest BCUT2D eigenvalue weighted by Crippen LogP contribution is -2.33. The number of anilines is 1. The van der Waals surface area contributed by atoms with Gasteiger partial charge in [-0.1, -0.05) is 25.0 Å². The van der Waals surface area contributed by atoms with Gasteiger partial charge in [-0.15, -0.1) is 0 Å². The number of imide groups is 1. The van der Waals surface area contributed by atoms with E-state index in [2.05, 4.69) is 5.32 Å². The lowest BCUT2D eigenvalue weighted by molar-refractivity contribution is -0.148. The Balaban J connectivity index is 1.43. The van der Waals surface area contributed by atoms with E-state index in [0.717, 1.165) is 17.7 Å². The third-order valence-electron chi connectivity index (χ3n) is 4.98. The number of hydrogen-bond donors (Lipinski definition) is 1. The van der Waals surface area contributed by atoms with Crippen LogP contribution in [0, 0.1) is 17.7 Å². The molecule has 0 radical (unpaired) electrons. The Morgan fingerprint density at radius 3 is 2.37 bits per heavy atom. The van der Waals surface area contributed by atoms with Crippen LogP contribution in [0.1, 0.15) is 32.1 Å². The van der Waals surface area contributed by atoms with Gasteiger partial charge < -0.3 is 10.1 Å². The van der Waals surface area contributed by atoms with Crippen molar-refractivity contribution in [1.82, 2.24) is 4.90 Å². The summed E-state index contributed by atoms with van der Waals surface area (Å²) in [7, 11) is 0. The number of nitrogens with zero attached hydrogens (tertiary/aromatic N) is 1. The van der Waals surface area contributed by atoms with E-state index in [1.54, 1.807) is 6.07 Å². The first kappa shape index (κ1) is 19.0. The van der Waals surface area contributed by atoms with Crippen LogP contribution in [0.5, 0.6) is 0 Å². The summed E-state index contributed by atoms with van der Waals surface area (Å²) in [6.45, 7) is -0.612. The largest absolute Gasteiger partial charge is 0.456 e. The van der Waals surface area contributed by atoms with Crippen LogP contribution < -0.4 is 5.32 Å². The molecule has 1 heterocycles. The van der Waals surface area contributed by atoms with Crippen molar-refractivity contribution in [3.05, 3.63) is 30.1 Å². The molecule has 0 unspecified atom stereocenters. The first-order valence-corrected chi connectivity index (χ1v) is 9.02. The molecule has 1 saturated carbocycles. The molecular weight excluding hydrogens is 355 g/mol. The van der Waals surface area contributed by atoms with Crippen LogP contribution in [0.3, 0.4) is 0 Å². The number of ether oxygens (including phenoxy) is 1. The monoisotopic (exact) mass is 376 g/mol. The number of hydrogen-bond acceptors (Lipinski definition) is 5. The van der Waals surface area contributed by atoms with Gasteiger partial charge in [0.1, 0.15) is 5.82 Å². The number of fused-ring (bicyclic) bond motifs is 1. The second-order valence-electron chi connectivity index (χ2n) is 6.76. The first-order chi connectivity index (χ1) is 13.0. The van der Waals surface area contributed by atoms with E-state index in [1.807, 2.05) is 0 Å². The average Bonchev–Trinajstić information content (AvgIpc) is 2.91. The molecule has 1 aliphatic heterocycles. The quantitative estimate of drug-likeness (QED) is 0.604. The number of esters is 1. The number of likely N-dealkylation sites (tertiary alicyclic amines) is 1. The van der Waals surface area contributed by atoms with E-state index in [4.69, 9.17) is 4.74 Å². The number of amides is 3. The lowest BCUT2D eigenvalue weighted by atomic mass is 9.81. The molecular formula is C19H21FN2O5. The number of carbonyl (C=O) groups is 4. The molecule has 2 fully saturated rings. The Kier molecular flexibility index (Phi) is 5.83. The Morgan fingerprint density at radius 2 is 1.74 bits per heavy atom. The van der Waals surface area contributed by atoms with Gasteiger partial charge in [-0.2, -0.15) is 0 Å². The molecule has 3 rings (SSSR count). The molecule has 0 bridgehead atoms. The molecule has 3 amide bonds. The first-order valence-electron chi connectivity index (χ1n) is 9.02. The third-order valence-corrected chi connectivity index (χ3v) is 4.98. The fourth-order valence-electron chi connectivity index (χ4n) is 3.62. The fraction of sp³-hybridized carbons (Fsp3) is 0.474.